The maximum absolute atomic E-state index is 13.7. The molecular weight excluding hydrogens is 400 g/mol. The van der Waals surface area contributed by atoms with Gasteiger partial charge in [0, 0.05) is 36.2 Å². The number of hydrogen-bond donors (Lipinski definition) is 4. The second-order valence-electron chi connectivity index (χ2n) is 8.97. The quantitative estimate of drug-likeness (QED) is 0.485. The van der Waals surface area contributed by atoms with Crippen molar-refractivity contribution in [1.29, 1.82) is 0 Å². The summed E-state index contributed by atoms with van der Waals surface area (Å²) in [6, 6.07) is 5.09. The fourth-order valence-corrected chi connectivity index (χ4v) is 5.11. The maximum Gasteiger partial charge on any atom is 0.264 e. The summed E-state index contributed by atoms with van der Waals surface area (Å²) in [5.74, 6) is -1.64. The predicted molar refractivity (Wildman–Crippen MR) is 117 cm³/mol. The Morgan fingerprint density at radius 2 is 2.13 bits per heavy atom. The van der Waals surface area contributed by atoms with Gasteiger partial charge in [-0.05, 0) is 45.4 Å². The number of fused-ring (bicyclic) bond motifs is 2. The van der Waals surface area contributed by atoms with Crippen LogP contribution in [0.5, 0.6) is 0 Å². The fourth-order valence-electron chi connectivity index (χ4n) is 5.11. The van der Waals surface area contributed by atoms with Gasteiger partial charge in [0.15, 0.2) is 5.60 Å². The van der Waals surface area contributed by atoms with E-state index in [1.165, 1.54) is 6.92 Å². The van der Waals surface area contributed by atoms with E-state index in [9.17, 15) is 24.9 Å². The van der Waals surface area contributed by atoms with Crippen LogP contribution in [0.2, 0.25) is 0 Å². The number of benzene rings is 1. The number of nitrogens with one attached hydrogen (secondary N) is 1. The Labute approximate surface area is 182 Å². The van der Waals surface area contributed by atoms with Gasteiger partial charge in [-0.25, -0.2) is 0 Å². The van der Waals surface area contributed by atoms with E-state index in [-0.39, 0.29) is 25.5 Å². The molecule has 0 unspecified atom stereocenters. The highest BCUT2D eigenvalue weighted by molar-refractivity contribution is 6.08. The van der Waals surface area contributed by atoms with Gasteiger partial charge in [-0.15, -0.1) is 6.58 Å². The van der Waals surface area contributed by atoms with E-state index in [0.29, 0.717) is 16.9 Å². The molecule has 1 fully saturated rings. The molecule has 1 saturated heterocycles. The fraction of sp³-hybridized carbons (Fsp3) is 0.565. The standard InChI is InChI=1S/C23H32N2O6/c1-6-10-25-17-8-7-15(24-20(28)14(3)27)12-16(17)23(21(25)29)13(2)19(22(4,5)30)18(31-23)9-11-26/h6-8,12-14,18-19,26-27,30H,1,9-11H2,2-5H3,(H,24,28)/t13-,14-,18+,19-,23+/m0/s1. The first kappa shape index (κ1) is 23.4. The summed E-state index contributed by atoms with van der Waals surface area (Å²) >= 11 is 0. The molecule has 2 aliphatic rings. The minimum absolute atomic E-state index is 0.137. The number of carbonyl (C=O) groups excluding carboxylic acids is 2. The Bertz CT molecular complexity index is 877. The van der Waals surface area contributed by atoms with Crippen LogP contribution in [-0.2, 0) is 19.9 Å². The Morgan fingerprint density at radius 1 is 1.45 bits per heavy atom. The highest BCUT2D eigenvalue weighted by atomic mass is 16.5. The number of nitrogens with zero attached hydrogens (tertiary/aromatic N) is 1. The van der Waals surface area contributed by atoms with E-state index in [1.54, 1.807) is 43.0 Å². The van der Waals surface area contributed by atoms with E-state index < -0.39 is 41.2 Å². The zero-order chi connectivity index (χ0) is 23.1. The number of aliphatic hydroxyl groups is 3. The van der Waals surface area contributed by atoms with Crippen LogP contribution in [0.4, 0.5) is 11.4 Å². The van der Waals surface area contributed by atoms with Gasteiger partial charge in [0.2, 0.25) is 0 Å². The van der Waals surface area contributed by atoms with Gasteiger partial charge in [0.1, 0.15) is 6.10 Å². The Hall–Kier alpha value is -2.26. The summed E-state index contributed by atoms with van der Waals surface area (Å²) in [5, 5.41) is 32.6. The third kappa shape index (κ3) is 3.78. The first-order valence-corrected chi connectivity index (χ1v) is 10.6. The summed E-state index contributed by atoms with van der Waals surface area (Å²) < 4.78 is 6.42. The topological polar surface area (TPSA) is 119 Å². The van der Waals surface area contributed by atoms with Crippen LogP contribution in [0.3, 0.4) is 0 Å². The minimum Gasteiger partial charge on any atom is -0.396 e. The van der Waals surface area contributed by atoms with Crippen LogP contribution in [0.25, 0.3) is 0 Å². The molecule has 5 atom stereocenters. The number of aliphatic hydroxyl groups excluding tert-OH is 2. The summed E-state index contributed by atoms with van der Waals surface area (Å²) in [7, 11) is 0. The molecule has 4 N–H and O–H groups in total. The van der Waals surface area contributed by atoms with Gasteiger partial charge in [-0.3, -0.25) is 9.59 Å². The second kappa shape index (κ2) is 8.35. The molecule has 3 rings (SSSR count). The molecule has 0 aliphatic carbocycles. The van der Waals surface area contributed by atoms with Crippen molar-refractivity contribution in [1.82, 2.24) is 0 Å². The molecule has 2 amide bonds. The first-order valence-electron chi connectivity index (χ1n) is 10.6. The smallest absolute Gasteiger partial charge is 0.264 e. The lowest BCUT2D eigenvalue weighted by molar-refractivity contribution is -0.146. The summed E-state index contributed by atoms with van der Waals surface area (Å²) in [6.45, 7) is 10.5. The molecule has 31 heavy (non-hydrogen) atoms. The average Bonchev–Trinajstić information content (AvgIpc) is 3.10. The first-order chi connectivity index (χ1) is 14.5. The zero-order valence-electron chi connectivity index (χ0n) is 18.5. The van der Waals surface area contributed by atoms with Crippen LogP contribution < -0.4 is 10.2 Å². The van der Waals surface area contributed by atoms with Crippen LogP contribution in [0, 0.1) is 11.8 Å². The van der Waals surface area contributed by atoms with Crippen molar-refractivity contribution in [2.45, 2.75) is 57.5 Å². The number of ether oxygens (including phenoxy) is 1. The lowest BCUT2D eigenvalue weighted by atomic mass is 9.71. The van der Waals surface area contributed by atoms with Crippen molar-refractivity contribution in [2.75, 3.05) is 23.4 Å². The molecule has 1 aromatic rings. The van der Waals surface area contributed by atoms with Gasteiger partial charge in [-0.2, -0.15) is 0 Å². The van der Waals surface area contributed by atoms with Crippen LogP contribution in [0.15, 0.2) is 30.9 Å². The van der Waals surface area contributed by atoms with Crippen LogP contribution in [-0.4, -0.2) is 58.1 Å². The van der Waals surface area contributed by atoms with Gasteiger partial charge in [-0.1, -0.05) is 13.0 Å². The summed E-state index contributed by atoms with van der Waals surface area (Å²) in [6.07, 6.45) is 0.193. The predicted octanol–water partition coefficient (Wildman–Crippen LogP) is 1.54. The van der Waals surface area contributed by atoms with Crippen LogP contribution >= 0.6 is 0 Å². The normalized spacial score (nSPS) is 28.7. The molecular formula is C23H32N2O6. The van der Waals surface area contributed by atoms with Crippen molar-refractivity contribution in [2.24, 2.45) is 11.8 Å². The second-order valence-corrected chi connectivity index (χ2v) is 8.97. The molecule has 1 aromatic carbocycles. The maximum atomic E-state index is 13.7. The minimum atomic E-state index is -1.37. The summed E-state index contributed by atoms with van der Waals surface area (Å²) in [5.41, 5.74) is -0.851. The molecule has 1 spiro atoms. The summed E-state index contributed by atoms with van der Waals surface area (Å²) in [4.78, 5) is 27.3. The zero-order valence-corrected chi connectivity index (χ0v) is 18.5. The third-order valence-corrected chi connectivity index (χ3v) is 6.36. The number of carbonyl (C=O) groups is 2. The van der Waals surface area contributed by atoms with Crippen molar-refractivity contribution in [3.05, 3.63) is 36.4 Å². The van der Waals surface area contributed by atoms with E-state index in [2.05, 4.69) is 11.9 Å². The highest BCUT2D eigenvalue weighted by Crippen LogP contribution is 2.58. The van der Waals surface area contributed by atoms with Gasteiger partial charge in [0.25, 0.3) is 11.8 Å². The van der Waals surface area contributed by atoms with Gasteiger partial charge >= 0.3 is 0 Å². The molecule has 170 valence electrons. The van der Waals surface area contributed by atoms with E-state index in [1.807, 2.05) is 6.92 Å². The lowest BCUT2D eigenvalue weighted by Crippen LogP contribution is -2.46. The Balaban J connectivity index is 2.15. The van der Waals surface area contributed by atoms with Crippen molar-refractivity contribution >= 4 is 23.2 Å². The third-order valence-electron chi connectivity index (χ3n) is 6.36. The number of hydrogen-bond acceptors (Lipinski definition) is 6. The van der Waals surface area contributed by atoms with E-state index >= 15 is 0 Å². The Kier molecular flexibility index (Phi) is 6.30. The van der Waals surface area contributed by atoms with Gasteiger partial charge in [0.05, 0.1) is 17.4 Å². The average molecular weight is 433 g/mol. The lowest BCUT2D eigenvalue weighted by Gasteiger charge is -2.34. The largest absolute Gasteiger partial charge is 0.396 e. The monoisotopic (exact) mass is 432 g/mol. The molecule has 2 heterocycles. The molecule has 8 heteroatoms. The Morgan fingerprint density at radius 3 is 2.68 bits per heavy atom. The van der Waals surface area contributed by atoms with E-state index in [4.69, 9.17) is 4.74 Å². The number of amides is 2. The molecule has 8 nitrogen and oxygen atoms in total. The van der Waals surface area contributed by atoms with E-state index in [0.717, 1.165) is 0 Å². The van der Waals surface area contributed by atoms with Crippen LogP contribution in [0.1, 0.15) is 39.7 Å². The molecule has 0 bridgehead atoms. The van der Waals surface area contributed by atoms with Crippen molar-refractivity contribution < 1.29 is 29.6 Å². The highest BCUT2D eigenvalue weighted by Gasteiger charge is 2.65. The van der Waals surface area contributed by atoms with Crippen molar-refractivity contribution in [3.63, 3.8) is 0 Å². The SMILES string of the molecule is C=CCN1C(=O)[C@]2(O[C@H](CCO)[C@@H](C(C)(C)O)[C@@H]2C)c2cc(NC(=O)[C@H](C)O)ccc21. The van der Waals surface area contributed by atoms with Gasteiger partial charge < -0.3 is 30.3 Å². The molecule has 0 radical (unpaired) electrons. The number of anilines is 2. The van der Waals surface area contributed by atoms with Crippen molar-refractivity contribution in [3.8, 4) is 0 Å². The number of rotatable bonds is 7. The molecule has 0 saturated carbocycles. The molecule has 0 aromatic heterocycles. The molecule has 2 aliphatic heterocycles.